The smallest absolute Gasteiger partial charge is 0.299 e. The number of nitrogens with zero attached hydrogens (tertiary/aromatic N) is 5. The van der Waals surface area contributed by atoms with Crippen LogP contribution in [0.15, 0.2) is 53.7 Å². The van der Waals surface area contributed by atoms with Gasteiger partial charge < -0.3 is 9.64 Å². The molecule has 154 valence electrons. The summed E-state index contributed by atoms with van der Waals surface area (Å²) < 4.78 is 21.0. The lowest BCUT2D eigenvalue weighted by atomic mass is 9.99. The maximum atomic E-state index is 13.3. The van der Waals surface area contributed by atoms with Gasteiger partial charge in [0.05, 0.1) is 11.4 Å². The van der Waals surface area contributed by atoms with Gasteiger partial charge in [-0.15, -0.1) is 0 Å². The first-order chi connectivity index (χ1) is 14.6. The normalized spacial score (nSPS) is 22.9. The molecular formula is C22H22FN5O2. The Morgan fingerprint density at radius 3 is 2.47 bits per heavy atom. The zero-order valence-corrected chi connectivity index (χ0v) is 16.6. The second kappa shape index (κ2) is 7.51. The molecule has 7 nitrogen and oxygen atoms in total. The Morgan fingerprint density at radius 2 is 1.80 bits per heavy atom. The summed E-state index contributed by atoms with van der Waals surface area (Å²) in [4.78, 5) is 27.5. The molecule has 2 aromatic heterocycles. The fourth-order valence-corrected chi connectivity index (χ4v) is 4.60. The van der Waals surface area contributed by atoms with Crippen molar-refractivity contribution < 1.29 is 9.13 Å². The molecule has 2 aliphatic heterocycles. The van der Waals surface area contributed by atoms with Crippen molar-refractivity contribution in [3.05, 3.63) is 65.1 Å². The first kappa shape index (κ1) is 18.7. The highest BCUT2D eigenvalue weighted by Gasteiger charge is 2.42. The van der Waals surface area contributed by atoms with E-state index < -0.39 is 0 Å². The number of rotatable bonds is 4. The number of benzene rings is 1. The van der Waals surface area contributed by atoms with Gasteiger partial charge in [-0.05, 0) is 43.2 Å². The predicted octanol–water partition coefficient (Wildman–Crippen LogP) is 2.96. The lowest BCUT2D eigenvalue weighted by molar-refractivity contribution is 0.131. The van der Waals surface area contributed by atoms with Gasteiger partial charge in [-0.3, -0.25) is 9.36 Å². The summed E-state index contributed by atoms with van der Waals surface area (Å²) in [5.74, 6) is -0.222. The number of ether oxygens (including phenoxy) is 1. The topological polar surface area (TPSA) is 73.1 Å². The second-order valence-corrected chi connectivity index (χ2v) is 7.90. The highest BCUT2D eigenvalue weighted by Crippen LogP contribution is 2.40. The molecule has 2 aliphatic rings. The van der Waals surface area contributed by atoms with Crippen molar-refractivity contribution >= 4 is 5.69 Å². The number of hydrogen-bond acceptors (Lipinski definition) is 6. The summed E-state index contributed by atoms with van der Waals surface area (Å²) in [6.45, 7) is 0. The van der Waals surface area contributed by atoms with Gasteiger partial charge in [0, 0.05) is 49.9 Å². The molecule has 4 heterocycles. The minimum Gasteiger partial charge on any atom is -0.461 e. The molecule has 0 aliphatic carbocycles. The van der Waals surface area contributed by atoms with E-state index in [0.717, 1.165) is 31.4 Å². The fourth-order valence-electron chi connectivity index (χ4n) is 4.60. The second-order valence-electron chi connectivity index (χ2n) is 7.90. The highest BCUT2D eigenvalue weighted by molar-refractivity contribution is 5.53. The molecule has 5 rings (SSSR count). The molecule has 0 saturated carbocycles. The molecule has 2 bridgehead atoms. The molecule has 0 radical (unpaired) electrons. The van der Waals surface area contributed by atoms with Gasteiger partial charge in [0.1, 0.15) is 18.2 Å². The van der Waals surface area contributed by atoms with Crippen molar-refractivity contribution in [1.82, 2.24) is 19.5 Å². The molecule has 0 amide bonds. The van der Waals surface area contributed by atoms with Crippen molar-refractivity contribution in [1.29, 1.82) is 0 Å². The van der Waals surface area contributed by atoms with Crippen LogP contribution in [0.3, 0.4) is 0 Å². The van der Waals surface area contributed by atoms with E-state index in [-0.39, 0.29) is 17.5 Å². The van der Waals surface area contributed by atoms with Gasteiger partial charge in [-0.2, -0.15) is 4.98 Å². The lowest BCUT2D eigenvalue weighted by Gasteiger charge is -2.40. The van der Waals surface area contributed by atoms with Crippen LogP contribution in [-0.2, 0) is 7.05 Å². The molecule has 2 atom stereocenters. The first-order valence-electron chi connectivity index (χ1n) is 10.1. The standard InChI is InChI=1S/C22H22FN5O2/c1-27-21(29)12-20(19-8-9-24-13-25-19)26-22(27)30-18-10-16-6-7-17(11-18)28(16)15-4-2-14(23)3-5-15/h2-5,8-9,12-13,16-18H,6-7,10-11H2,1H3/t16-,17-/m0/s1. The number of fused-ring (bicyclic) bond motifs is 2. The maximum Gasteiger partial charge on any atom is 0.299 e. The molecule has 30 heavy (non-hydrogen) atoms. The summed E-state index contributed by atoms with van der Waals surface area (Å²) in [6.07, 6.45) is 6.84. The Morgan fingerprint density at radius 1 is 1.07 bits per heavy atom. The largest absolute Gasteiger partial charge is 0.461 e. The number of aromatic nitrogens is 4. The average molecular weight is 407 g/mol. The summed E-state index contributed by atoms with van der Waals surface area (Å²) in [5, 5.41) is 0. The van der Waals surface area contributed by atoms with E-state index in [0.29, 0.717) is 29.5 Å². The van der Waals surface area contributed by atoms with E-state index in [1.54, 1.807) is 19.3 Å². The van der Waals surface area contributed by atoms with E-state index in [2.05, 4.69) is 19.9 Å². The number of piperidine rings is 1. The zero-order valence-electron chi connectivity index (χ0n) is 16.6. The molecule has 2 fully saturated rings. The molecule has 8 heteroatoms. The van der Waals surface area contributed by atoms with Gasteiger partial charge in [-0.25, -0.2) is 14.4 Å². The lowest BCUT2D eigenvalue weighted by Crippen LogP contribution is -2.46. The van der Waals surface area contributed by atoms with Gasteiger partial charge >= 0.3 is 0 Å². The van der Waals surface area contributed by atoms with Crippen LogP contribution in [0.4, 0.5) is 10.1 Å². The molecule has 2 saturated heterocycles. The minimum absolute atomic E-state index is 0.0297. The summed E-state index contributed by atoms with van der Waals surface area (Å²) in [6, 6.07) is 10.9. The van der Waals surface area contributed by atoms with E-state index in [1.807, 2.05) is 12.1 Å². The molecule has 3 aromatic rings. The summed E-state index contributed by atoms with van der Waals surface area (Å²) in [5.41, 5.74) is 1.92. The fraction of sp³-hybridized carbons (Fsp3) is 0.364. The van der Waals surface area contributed by atoms with Gasteiger partial charge in [0.25, 0.3) is 11.6 Å². The van der Waals surface area contributed by atoms with Crippen LogP contribution < -0.4 is 15.2 Å². The van der Waals surface area contributed by atoms with E-state index in [1.165, 1.54) is 29.1 Å². The van der Waals surface area contributed by atoms with Crippen molar-refractivity contribution in [2.45, 2.75) is 43.9 Å². The molecule has 1 aromatic carbocycles. The maximum absolute atomic E-state index is 13.3. The third-order valence-electron chi connectivity index (χ3n) is 6.02. The monoisotopic (exact) mass is 407 g/mol. The quantitative estimate of drug-likeness (QED) is 0.662. The minimum atomic E-state index is -0.222. The predicted molar refractivity (Wildman–Crippen MR) is 110 cm³/mol. The van der Waals surface area contributed by atoms with Gasteiger partial charge in [0.15, 0.2) is 0 Å². The van der Waals surface area contributed by atoms with Crippen LogP contribution in [-0.4, -0.2) is 37.7 Å². The Labute approximate surface area is 173 Å². The van der Waals surface area contributed by atoms with Crippen LogP contribution in [0.5, 0.6) is 6.01 Å². The molecule has 0 unspecified atom stereocenters. The zero-order chi connectivity index (χ0) is 20.7. The molecule has 0 spiro atoms. The Balaban J connectivity index is 1.37. The van der Waals surface area contributed by atoms with Crippen LogP contribution >= 0.6 is 0 Å². The van der Waals surface area contributed by atoms with Crippen LogP contribution in [0.1, 0.15) is 25.7 Å². The molecule has 0 N–H and O–H groups in total. The number of anilines is 1. The first-order valence-corrected chi connectivity index (χ1v) is 10.1. The summed E-state index contributed by atoms with van der Waals surface area (Å²) >= 11 is 0. The van der Waals surface area contributed by atoms with Gasteiger partial charge in [-0.1, -0.05) is 0 Å². The average Bonchev–Trinajstić information content (AvgIpc) is 3.02. The number of hydrogen-bond donors (Lipinski definition) is 0. The van der Waals surface area contributed by atoms with Crippen LogP contribution in [0.2, 0.25) is 0 Å². The molecular weight excluding hydrogens is 385 g/mol. The Kier molecular flexibility index (Phi) is 4.69. The van der Waals surface area contributed by atoms with Gasteiger partial charge in [0.2, 0.25) is 0 Å². The summed E-state index contributed by atoms with van der Waals surface area (Å²) in [7, 11) is 1.66. The van der Waals surface area contributed by atoms with Crippen LogP contribution in [0, 0.1) is 5.82 Å². The van der Waals surface area contributed by atoms with Crippen molar-refractivity contribution in [3.8, 4) is 17.4 Å². The van der Waals surface area contributed by atoms with Crippen molar-refractivity contribution in [3.63, 3.8) is 0 Å². The van der Waals surface area contributed by atoms with E-state index >= 15 is 0 Å². The third kappa shape index (κ3) is 3.42. The Bertz CT molecular complexity index is 1090. The van der Waals surface area contributed by atoms with Crippen molar-refractivity contribution in [2.24, 2.45) is 7.05 Å². The van der Waals surface area contributed by atoms with E-state index in [9.17, 15) is 9.18 Å². The SMILES string of the molecule is Cn1c(OC2C[C@@H]3CC[C@@H](C2)N3c2ccc(F)cc2)nc(-c2ccncn2)cc1=O. The highest BCUT2D eigenvalue weighted by atomic mass is 19.1. The Hall–Kier alpha value is -3.29. The number of halogens is 1. The van der Waals surface area contributed by atoms with E-state index in [4.69, 9.17) is 4.74 Å². The van der Waals surface area contributed by atoms with Crippen LogP contribution in [0.25, 0.3) is 11.4 Å². The third-order valence-corrected chi connectivity index (χ3v) is 6.02. The van der Waals surface area contributed by atoms with Crippen molar-refractivity contribution in [2.75, 3.05) is 4.90 Å².